The van der Waals surface area contributed by atoms with Gasteiger partial charge in [0.25, 0.3) is 0 Å². The van der Waals surface area contributed by atoms with E-state index in [2.05, 4.69) is 20.6 Å². The second kappa shape index (κ2) is 8.55. The first-order valence-corrected chi connectivity index (χ1v) is 9.43. The van der Waals surface area contributed by atoms with Gasteiger partial charge in [0.15, 0.2) is 5.78 Å². The minimum absolute atomic E-state index is 0.00635. The lowest BCUT2D eigenvalue weighted by Gasteiger charge is -2.08. The Bertz CT molecular complexity index is 917. The molecule has 0 bridgehead atoms. The number of nitrogens with zero attached hydrogens (tertiary/aromatic N) is 2. The largest absolute Gasteiger partial charge is 0.326 e. The third-order valence-corrected chi connectivity index (χ3v) is 4.69. The smallest absolute Gasteiger partial charge is 0.227 e. The van der Waals surface area contributed by atoms with E-state index in [-0.39, 0.29) is 24.5 Å². The molecule has 6 nitrogen and oxygen atoms in total. The first-order chi connectivity index (χ1) is 13.0. The molecule has 0 saturated carbocycles. The van der Waals surface area contributed by atoms with Gasteiger partial charge < -0.3 is 10.6 Å². The van der Waals surface area contributed by atoms with E-state index in [1.54, 1.807) is 18.2 Å². The van der Waals surface area contributed by atoms with Gasteiger partial charge in [-0.3, -0.25) is 9.59 Å². The van der Waals surface area contributed by atoms with Crippen LogP contribution in [0.15, 0.2) is 47.8 Å². The van der Waals surface area contributed by atoms with E-state index in [4.69, 9.17) is 0 Å². The van der Waals surface area contributed by atoms with Gasteiger partial charge in [-0.15, -0.1) is 11.3 Å². The molecule has 0 saturated heterocycles. The zero-order valence-corrected chi connectivity index (χ0v) is 16.0. The summed E-state index contributed by atoms with van der Waals surface area (Å²) >= 11 is 1.39. The maximum atomic E-state index is 12.0. The van der Waals surface area contributed by atoms with Crippen molar-refractivity contribution in [1.29, 1.82) is 0 Å². The number of benzene rings is 1. The number of carbonyl (C=O) groups is 2. The summed E-state index contributed by atoms with van der Waals surface area (Å²) in [7, 11) is 0. The summed E-state index contributed by atoms with van der Waals surface area (Å²) in [6.07, 6.45) is 0.364. The average molecular weight is 380 g/mol. The molecule has 1 aromatic carbocycles. The minimum Gasteiger partial charge on any atom is -0.326 e. The fourth-order valence-corrected chi connectivity index (χ4v) is 3.25. The molecule has 0 atom stereocenters. The van der Waals surface area contributed by atoms with Gasteiger partial charge in [0.2, 0.25) is 11.9 Å². The summed E-state index contributed by atoms with van der Waals surface area (Å²) in [5.74, 6) is 0.350. The average Bonchev–Trinajstić information content (AvgIpc) is 3.15. The van der Waals surface area contributed by atoms with E-state index < -0.39 is 0 Å². The van der Waals surface area contributed by atoms with Crippen LogP contribution in [-0.2, 0) is 4.79 Å². The Morgan fingerprint density at radius 2 is 1.63 bits per heavy atom. The molecule has 2 aromatic heterocycles. The van der Waals surface area contributed by atoms with Gasteiger partial charge in [-0.1, -0.05) is 6.07 Å². The number of hydrogen-bond acceptors (Lipinski definition) is 6. The number of carbonyl (C=O) groups excluding carboxylic acids is 2. The molecule has 138 valence electrons. The number of Topliss-reactive ketones (excluding diaryl/α,β-unsaturated/α-hetero) is 1. The zero-order chi connectivity index (χ0) is 19.2. The van der Waals surface area contributed by atoms with Crippen molar-refractivity contribution in [1.82, 2.24) is 9.97 Å². The summed E-state index contributed by atoms with van der Waals surface area (Å²) in [5.41, 5.74) is 3.29. The Balaban J connectivity index is 1.52. The molecular formula is C20H20N4O2S. The normalized spacial score (nSPS) is 10.4. The maximum Gasteiger partial charge on any atom is 0.227 e. The molecule has 0 aliphatic carbocycles. The quantitative estimate of drug-likeness (QED) is 0.590. The Labute approximate surface area is 161 Å². The number of aromatic nitrogens is 2. The third kappa shape index (κ3) is 5.46. The molecule has 0 aliphatic heterocycles. The van der Waals surface area contributed by atoms with Gasteiger partial charge in [0.1, 0.15) is 0 Å². The molecular weight excluding hydrogens is 360 g/mol. The fourth-order valence-electron chi connectivity index (χ4n) is 2.56. The van der Waals surface area contributed by atoms with Crippen molar-refractivity contribution >= 4 is 40.4 Å². The van der Waals surface area contributed by atoms with E-state index in [0.29, 0.717) is 16.5 Å². The molecule has 7 heteroatoms. The second-order valence-corrected chi connectivity index (χ2v) is 7.07. The zero-order valence-electron chi connectivity index (χ0n) is 15.2. The van der Waals surface area contributed by atoms with Gasteiger partial charge in [-0.2, -0.15) is 0 Å². The van der Waals surface area contributed by atoms with Crippen LogP contribution < -0.4 is 10.6 Å². The maximum absolute atomic E-state index is 12.0. The summed E-state index contributed by atoms with van der Waals surface area (Å²) in [5, 5.41) is 7.80. The molecule has 27 heavy (non-hydrogen) atoms. The third-order valence-electron chi connectivity index (χ3n) is 3.78. The van der Waals surface area contributed by atoms with Crippen LogP contribution in [0.25, 0.3) is 0 Å². The van der Waals surface area contributed by atoms with Crippen LogP contribution in [0.3, 0.4) is 0 Å². The summed E-state index contributed by atoms with van der Waals surface area (Å²) in [6, 6.07) is 12.8. The first-order valence-electron chi connectivity index (χ1n) is 8.55. The first kappa shape index (κ1) is 18.7. The Hall–Kier alpha value is -3.06. The minimum atomic E-state index is -0.182. The topological polar surface area (TPSA) is 84.0 Å². The number of amides is 1. The highest BCUT2D eigenvalue weighted by Crippen LogP contribution is 2.18. The van der Waals surface area contributed by atoms with Crippen molar-refractivity contribution in [3.05, 3.63) is 64.1 Å². The van der Waals surface area contributed by atoms with E-state index in [0.717, 1.165) is 17.1 Å². The van der Waals surface area contributed by atoms with Crippen molar-refractivity contribution in [3.63, 3.8) is 0 Å². The SMILES string of the molecule is Cc1cc(C)nc(Nc2ccc(NC(=O)CCC(=O)c3cccs3)cc2)n1. The highest BCUT2D eigenvalue weighted by Gasteiger charge is 2.10. The van der Waals surface area contributed by atoms with Crippen LogP contribution in [0.1, 0.15) is 33.9 Å². The number of thiophene rings is 1. The Morgan fingerprint density at radius 3 is 2.26 bits per heavy atom. The fraction of sp³-hybridized carbons (Fsp3) is 0.200. The lowest BCUT2D eigenvalue weighted by atomic mass is 10.2. The number of nitrogens with one attached hydrogen (secondary N) is 2. The van der Waals surface area contributed by atoms with Crippen molar-refractivity contribution in [3.8, 4) is 0 Å². The summed E-state index contributed by atoms with van der Waals surface area (Å²) in [4.78, 5) is 33.3. The highest BCUT2D eigenvalue weighted by atomic mass is 32.1. The molecule has 0 radical (unpaired) electrons. The molecule has 0 unspecified atom stereocenters. The van der Waals surface area contributed by atoms with Crippen LogP contribution in [0.4, 0.5) is 17.3 Å². The highest BCUT2D eigenvalue weighted by molar-refractivity contribution is 7.12. The van der Waals surface area contributed by atoms with Crippen molar-refractivity contribution < 1.29 is 9.59 Å². The Kier molecular flexibility index (Phi) is 5.93. The van der Waals surface area contributed by atoms with Crippen molar-refractivity contribution in [2.75, 3.05) is 10.6 Å². The second-order valence-electron chi connectivity index (χ2n) is 6.13. The summed E-state index contributed by atoms with van der Waals surface area (Å²) < 4.78 is 0. The van der Waals surface area contributed by atoms with Crippen LogP contribution >= 0.6 is 11.3 Å². The van der Waals surface area contributed by atoms with Gasteiger partial charge in [0, 0.05) is 35.6 Å². The van der Waals surface area contributed by atoms with E-state index >= 15 is 0 Å². The molecule has 2 heterocycles. The molecule has 3 aromatic rings. The molecule has 0 aliphatic rings. The number of ketones is 1. The monoisotopic (exact) mass is 380 g/mol. The molecule has 3 rings (SSSR count). The van der Waals surface area contributed by atoms with Crippen molar-refractivity contribution in [2.45, 2.75) is 26.7 Å². The van der Waals surface area contributed by atoms with Gasteiger partial charge >= 0.3 is 0 Å². The number of hydrogen-bond donors (Lipinski definition) is 2. The van der Waals surface area contributed by atoms with Crippen LogP contribution in [0, 0.1) is 13.8 Å². The predicted octanol–water partition coefficient (Wildman–Crippen LogP) is 4.50. The number of rotatable bonds is 7. The van der Waals surface area contributed by atoms with Gasteiger partial charge in [-0.25, -0.2) is 9.97 Å². The lowest BCUT2D eigenvalue weighted by Crippen LogP contribution is -2.13. The Morgan fingerprint density at radius 1 is 0.963 bits per heavy atom. The van der Waals surface area contributed by atoms with E-state index in [9.17, 15) is 9.59 Å². The number of aryl methyl sites for hydroxylation is 2. The molecule has 0 spiro atoms. The van der Waals surface area contributed by atoms with E-state index in [1.807, 2.05) is 43.5 Å². The van der Waals surface area contributed by atoms with E-state index in [1.165, 1.54) is 11.3 Å². The molecule has 1 amide bonds. The van der Waals surface area contributed by atoms with Crippen LogP contribution in [-0.4, -0.2) is 21.7 Å². The van der Waals surface area contributed by atoms with Gasteiger partial charge in [0.05, 0.1) is 4.88 Å². The standard InChI is InChI=1S/C20H20N4O2S/c1-13-12-14(2)22-20(21-13)24-16-7-5-15(6-8-16)23-19(26)10-9-17(25)18-4-3-11-27-18/h3-8,11-12H,9-10H2,1-2H3,(H,23,26)(H,21,22,24). The predicted molar refractivity (Wildman–Crippen MR) is 108 cm³/mol. The molecule has 2 N–H and O–H groups in total. The molecule has 0 fully saturated rings. The van der Waals surface area contributed by atoms with Crippen LogP contribution in [0.5, 0.6) is 0 Å². The van der Waals surface area contributed by atoms with Gasteiger partial charge in [-0.05, 0) is 55.6 Å². The summed E-state index contributed by atoms with van der Waals surface area (Å²) in [6.45, 7) is 3.84. The number of anilines is 3. The van der Waals surface area contributed by atoms with Crippen LogP contribution in [0.2, 0.25) is 0 Å². The lowest BCUT2D eigenvalue weighted by molar-refractivity contribution is -0.116. The van der Waals surface area contributed by atoms with Crippen molar-refractivity contribution in [2.24, 2.45) is 0 Å².